The smallest absolute Gasteiger partial charge is 0.321 e. The van der Waals surface area contributed by atoms with Crippen molar-refractivity contribution in [3.05, 3.63) is 39.9 Å². The monoisotopic (exact) mass is 278 g/mol. The SMILES string of the molecule is C[C@]1(C(=O)OCc2ccc([N+](=O)[O-])cc2)CCNC1=O. The van der Waals surface area contributed by atoms with E-state index in [0.717, 1.165) is 0 Å². The summed E-state index contributed by atoms with van der Waals surface area (Å²) in [6.45, 7) is 2.00. The van der Waals surface area contributed by atoms with Gasteiger partial charge in [-0.3, -0.25) is 19.7 Å². The molecular formula is C13H14N2O5. The number of amides is 1. The molecule has 1 heterocycles. The van der Waals surface area contributed by atoms with Crippen LogP contribution in [0.5, 0.6) is 0 Å². The van der Waals surface area contributed by atoms with Crippen molar-refractivity contribution in [2.24, 2.45) is 5.41 Å². The first-order chi connectivity index (χ1) is 9.43. The second-order valence-corrected chi connectivity index (χ2v) is 4.84. The van der Waals surface area contributed by atoms with E-state index in [1.165, 1.54) is 24.3 Å². The third-order valence-electron chi connectivity index (χ3n) is 3.38. The Morgan fingerprint density at radius 1 is 1.45 bits per heavy atom. The van der Waals surface area contributed by atoms with Crippen LogP contribution in [0.1, 0.15) is 18.9 Å². The molecule has 1 aliphatic heterocycles. The van der Waals surface area contributed by atoms with E-state index in [0.29, 0.717) is 18.5 Å². The average molecular weight is 278 g/mol. The molecule has 1 atom stereocenters. The molecule has 0 aliphatic carbocycles. The van der Waals surface area contributed by atoms with Gasteiger partial charge in [0.25, 0.3) is 5.69 Å². The van der Waals surface area contributed by atoms with Gasteiger partial charge < -0.3 is 10.1 Å². The molecule has 1 saturated heterocycles. The van der Waals surface area contributed by atoms with Crippen LogP contribution in [-0.4, -0.2) is 23.3 Å². The first-order valence-corrected chi connectivity index (χ1v) is 6.12. The highest BCUT2D eigenvalue weighted by molar-refractivity contribution is 6.03. The molecule has 7 nitrogen and oxygen atoms in total. The third kappa shape index (κ3) is 2.61. The number of carbonyl (C=O) groups is 2. The van der Waals surface area contributed by atoms with E-state index in [2.05, 4.69) is 5.32 Å². The first-order valence-electron chi connectivity index (χ1n) is 6.12. The average Bonchev–Trinajstić information content (AvgIpc) is 2.77. The number of esters is 1. The topological polar surface area (TPSA) is 98.5 Å². The van der Waals surface area contributed by atoms with E-state index in [4.69, 9.17) is 4.74 Å². The van der Waals surface area contributed by atoms with Crippen LogP contribution in [0.15, 0.2) is 24.3 Å². The molecule has 1 fully saturated rings. The third-order valence-corrected chi connectivity index (χ3v) is 3.38. The number of nitro groups is 1. The Morgan fingerprint density at radius 3 is 2.60 bits per heavy atom. The Bertz CT molecular complexity index is 554. The van der Waals surface area contributed by atoms with Crippen LogP contribution in [0, 0.1) is 15.5 Å². The zero-order valence-corrected chi connectivity index (χ0v) is 10.9. The van der Waals surface area contributed by atoms with Crippen molar-refractivity contribution in [1.82, 2.24) is 5.32 Å². The number of rotatable bonds is 4. The van der Waals surface area contributed by atoms with Crippen LogP contribution in [0.4, 0.5) is 5.69 Å². The maximum absolute atomic E-state index is 11.9. The number of nitro benzene ring substituents is 1. The molecule has 2 rings (SSSR count). The van der Waals surface area contributed by atoms with E-state index >= 15 is 0 Å². The Kier molecular flexibility index (Phi) is 3.69. The van der Waals surface area contributed by atoms with Crippen molar-refractivity contribution >= 4 is 17.6 Å². The summed E-state index contributed by atoms with van der Waals surface area (Å²) in [5, 5.41) is 13.1. The molecule has 0 radical (unpaired) electrons. The Hall–Kier alpha value is -2.44. The molecule has 1 N–H and O–H groups in total. The summed E-state index contributed by atoms with van der Waals surface area (Å²) in [5.74, 6) is -0.906. The molecule has 1 amide bonds. The highest BCUT2D eigenvalue weighted by Gasteiger charge is 2.46. The molecule has 1 aliphatic rings. The van der Waals surface area contributed by atoms with E-state index in [1.54, 1.807) is 6.92 Å². The van der Waals surface area contributed by atoms with Gasteiger partial charge in [0, 0.05) is 18.7 Å². The number of benzene rings is 1. The van der Waals surface area contributed by atoms with E-state index in [9.17, 15) is 19.7 Å². The summed E-state index contributed by atoms with van der Waals surface area (Å²) < 4.78 is 5.12. The highest BCUT2D eigenvalue weighted by Crippen LogP contribution is 2.28. The van der Waals surface area contributed by atoms with E-state index in [-0.39, 0.29) is 18.2 Å². The van der Waals surface area contributed by atoms with Crippen LogP contribution >= 0.6 is 0 Å². The van der Waals surface area contributed by atoms with Gasteiger partial charge in [-0.05, 0) is 31.0 Å². The Morgan fingerprint density at radius 2 is 2.10 bits per heavy atom. The zero-order valence-electron chi connectivity index (χ0n) is 10.9. The van der Waals surface area contributed by atoms with E-state index in [1.807, 2.05) is 0 Å². The summed E-state index contributed by atoms with van der Waals surface area (Å²) in [7, 11) is 0. The van der Waals surface area contributed by atoms with Gasteiger partial charge in [0.05, 0.1) is 4.92 Å². The van der Waals surface area contributed by atoms with Crippen molar-refractivity contribution in [2.75, 3.05) is 6.54 Å². The summed E-state index contributed by atoms with van der Waals surface area (Å²) in [6.07, 6.45) is 0.408. The number of nitrogens with zero attached hydrogens (tertiary/aromatic N) is 1. The molecular weight excluding hydrogens is 264 g/mol. The highest BCUT2D eigenvalue weighted by atomic mass is 16.6. The van der Waals surface area contributed by atoms with Gasteiger partial charge in [0.15, 0.2) is 0 Å². The minimum atomic E-state index is -1.14. The van der Waals surface area contributed by atoms with Gasteiger partial charge in [-0.25, -0.2) is 0 Å². The van der Waals surface area contributed by atoms with Crippen LogP contribution in [0.3, 0.4) is 0 Å². The predicted molar refractivity (Wildman–Crippen MR) is 68.6 cm³/mol. The molecule has 1 aromatic rings. The maximum Gasteiger partial charge on any atom is 0.321 e. The Labute approximate surface area is 115 Å². The van der Waals surface area contributed by atoms with Crippen LogP contribution in [0.2, 0.25) is 0 Å². The van der Waals surface area contributed by atoms with Crippen molar-refractivity contribution in [3.63, 3.8) is 0 Å². The zero-order chi connectivity index (χ0) is 14.8. The molecule has 1 aromatic carbocycles. The largest absolute Gasteiger partial charge is 0.460 e. The summed E-state index contributed by atoms with van der Waals surface area (Å²) in [6, 6.07) is 5.71. The molecule has 20 heavy (non-hydrogen) atoms. The molecule has 0 unspecified atom stereocenters. The predicted octanol–water partition coefficient (Wildman–Crippen LogP) is 1.16. The van der Waals surface area contributed by atoms with Gasteiger partial charge in [0.1, 0.15) is 12.0 Å². The standard InChI is InChI=1S/C13H14N2O5/c1-13(6-7-14-11(13)16)12(17)20-8-9-2-4-10(5-3-9)15(18)19/h2-5H,6-8H2,1H3,(H,14,16)/t13-/m0/s1. The summed E-state index contributed by atoms with van der Waals surface area (Å²) in [4.78, 5) is 33.5. The number of nitrogens with one attached hydrogen (secondary N) is 1. The maximum atomic E-state index is 11.9. The number of hydrogen-bond acceptors (Lipinski definition) is 5. The lowest BCUT2D eigenvalue weighted by Crippen LogP contribution is -2.37. The second-order valence-electron chi connectivity index (χ2n) is 4.84. The second kappa shape index (κ2) is 5.28. The van der Waals surface area contributed by atoms with Crippen molar-refractivity contribution in [1.29, 1.82) is 0 Å². The number of hydrogen-bond donors (Lipinski definition) is 1. The molecule has 0 bridgehead atoms. The fraction of sp³-hybridized carbons (Fsp3) is 0.385. The normalized spacial score (nSPS) is 21.4. The molecule has 7 heteroatoms. The van der Waals surface area contributed by atoms with Gasteiger partial charge in [-0.15, -0.1) is 0 Å². The first kappa shape index (κ1) is 14.0. The number of ether oxygens (including phenoxy) is 1. The fourth-order valence-electron chi connectivity index (χ4n) is 1.95. The van der Waals surface area contributed by atoms with E-state index < -0.39 is 16.3 Å². The lowest BCUT2D eigenvalue weighted by Gasteiger charge is -2.18. The van der Waals surface area contributed by atoms with Crippen LogP contribution in [-0.2, 0) is 20.9 Å². The van der Waals surface area contributed by atoms with Crippen molar-refractivity contribution in [3.8, 4) is 0 Å². The molecule has 0 aromatic heterocycles. The van der Waals surface area contributed by atoms with Crippen molar-refractivity contribution < 1.29 is 19.2 Å². The molecule has 106 valence electrons. The minimum absolute atomic E-state index is 0.0142. The van der Waals surface area contributed by atoms with Gasteiger partial charge in [-0.1, -0.05) is 0 Å². The van der Waals surface area contributed by atoms with Gasteiger partial charge in [0.2, 0.25) is 5.91 Å². The number of non-ortho nitro benzene ring substituents is 1. The fourth-order valence-corrected chi connectivity index (χ4v) is 1.95. The lowest BCUT2D eigenvalue weighted by molar-refractivity contribution is -0.384. The molecule has 0 spiro atoms. The lowest BCUT2D eigenvalue weighted by atomic mass is 9.89. The Balaban J connectivity index is 1.96. The quantitative estimate of drug-likeness (QED) is 0.385. The van der Waals surface area contributed by atoms with Crippen molar-refractivity contribution in [2.45, 2.75) is 20.0 Å². The summed E-state index contributed by atoms with van der Waals surface area (Å²) >= 11 is 0. The minimum Gasteiger partial charge on any atom is -0.460 e. The van der Waals surface area contributed by atoms with Crippen LogP contribution in [0.25, 0.3) is 0 Å². The van der Waals surface area contributed by atoms with Gasteiger partial charge in [-0.2, -0.15) is 0 Å². The summed E-state index contributed by atoms with van der Waals surface area (Å²) in [5.41, 5.74) is -0.533. The van der Waals surface area contributed by atoms with Gasteiger partial charge >= 0.3 is 5.97 Å². The molecule has 0 saturated carbocycles. The number of carbonyl (C=O) groups excluding carboxylic acids is 2. The van der Waals surface area contributed by atoms with Crippen LogP contribution < -0.4 is 5.32 Å².